The van der Waals surface area contributed by atoms with Gasteiger partial charge in [-0.1, -0.05) is 51.3 Å². The molecule has 0 N–H and O–H groups in total. The van der Waals surface area contributed by atoms with Gasteiger partial charge in [0.15, 0.2) is 0 Å². The van der Waals surface area contributed by atoms with E-state index in [1.54, 1.807) is 13.8 Å². The van der Waals surface area contributed by atoms with Crippen LogP contribution in [-0.2, 0) is 110 Å². The van der Waals surface area contributed by atoms with Crippen molar-refractivity contribution in [2.45, 2.75) is 33.1 Å². The Bertz CT molecular complexity index is 1770. The van der Waals surface area contributed by atoms with Gasteiger partial charge in [-0.25, -0.2) is 9.59 Å². The molecule has 24 heteroatoms. The van der Waals surface area contributed by atoms with Gasteiger partial charge in [-0.05, 0) is 49.2 Å². The van der Waals surface area contributed by atoms with E-state index in [2.05, 4.69) is 51.3 Å². The lowest BCUT2D eigenvalue weighted by molar-refractivity contribution is -0.141. The lowest BCUT2D eigenvalue weighted by Crippen LogP contribution is -2.19. The molecule has 2 aromatic carbocycles. The summed E-state index contributed by atoms with van der Waals surface area (Å²) in [5.74, 6) is 0.728. The lowest BCUT2D eigenvalue weighted by atomic mass is 9.78. The molecule has 0 amide bonds. The van der Waals surface area contributed by atoms with E-state index in [9.17, 15) is 9.59 Å². The van der Waals surface area contributed by atoms with Crippen molar-refractivity contribution in [1.29, 1.82) is 0 Å². The predicted octanol–water partition coefficient (Wildman–Crippen LogP) is 5.31. The fourth-order valence-electron chi connectivity index (χ4n) is 6.89. The average molecular weight is 1250 g/mol. The first-order valence-electron chi connectivity index (χ1n) is 30.1. The highest BCUT2D eigenvalue weighted by atomic mass is 16.6. The summed E-state index contributed by atoms with van der Waals surface area (Å²) in [5.41, 5.74) is 2.83. The highest BCUT2D eigenvalue weighted by molar-refractivity contribution is 5.87. The molecule has 24 nitrogen and oxygen atoms in total. The molecule has 0 atom stereocenters. The number of rotatable bonds is 66. The Labute approximate surface area is 517 Å². The third-order valence-corrected chi connectivity index (χ3v) is 11.7. The second-order valence-electron chi connectivity index (χ2n) is 19.2. The van der Waals surface area contributed by atoms with Gasteiger partial charge < -0.3 is 104 Å². The number of carbonyl (C=O) groups is 2. The number of carbonyl (C=O) groups excluding carboxylic acids is 2. The summed E-state index contributed by atoms with van der Waals surface area (Å²) in [6, 6.07) is 16.3. The van der Waals surface area contributed by atoms with Crippen molar-refractivity contribution in [3.05, 3.63) is 84.0 Å². The summed E-state index contributed by atoms with van der Waals surface area (Å²) in [5, 5.41) is 0. The van der Waals surface area contributed by atoms with Crippen LogP contribution in [-0.4, -0.2) is 276 Å². The van der Waals surface area contributed by atoms with Gasteiger partial charge >= 0.3 is 11.9 Å². The van der Waals surface area contributed by atoms with Gasteiger partial charge in [0.05, 0.1) is 238 Å². The van der Waals surface area contributed by atoms with Gasteiger partial charge in [0, 0.05) is 16.6 Å². The zero-order valence-corrected chi connectivity index (χ0v) is 52.6. The molecule has 500 valence electrons. The van der Waals surface area contributed by atoms with Crippen LogP contribution in [0.15, 0.2) is 72.8 Å². The lowest BCUT2D eigenvalue weighted by Gasteiger charge is -2.26. The summed E-state index contributed by atoms with van der Waals surface area (Å²) < 4.78 is 121. The molecule has 0 saturated heterocycles. The fourth-order valence-corrected chi connectivity index (χ4v) is 6.89. The van der Waals surface area contributed by atoms with E-state index in [4.69, 9.17) is 104 Å². The van der Waals surface area contributed by atoms with Gasteiger partial charge in [-0.3, -0.25) is 0 Å². The molecule has 0 radical (unpaired) electrons. The molecule has 0 fully saturated rings. The van der Waals surface area contributed by atoms with Crippen molar-refractivity contribution in [1.82, 2.24) is 0 Å². The number of hydrogen-bond acceptors (Lipinski definition) is 24. The van der Waals surface area contributed by atoms with Crippen LogP contribution in [0.2, 0.25) is 0 Å². The van der Waals surface area contributed by atoms with E-state index in [1.165, 1.54) is 11.1 Å². The van der Waals surface area contributed by atoms with Gasteiger partial charge in [0.2, 0.25) is 0 Å². The maximum atomic E-state index is 11.3. The summed E-state index contributed by atoms with van der Waals surface area (Å²) in [6.07, 6.45) is 0. The van der Waals surface area contributed by atoms with Crippen LogP contribution in [0.3, 0.4) is 0 Å². The maximum Gasteiger partial charge on any atom is 0.333 e. The second kappa shape index (κ2) is 58.1. The van der Waals surface area contributed by atoms with Gasteiger partial charge in [0.25, 0.3) is 0 Å². The molecule has 0 saturated carbocycles. The van der Waals surface area contributed by atoms with Crippen molar-refractivity contribution in [2.75, 3.05) is 264 Å². The van der Waals surface area contributed by atoms with E-state index >= 15 is 0 Å². The Balaban J connectivity index is 1.28. The molecule has 0 heterocycles. The Hall–Kier alpha value is -4.26. The Morgan fingerprint density at radius 2 is 0.414 bits per heavy atom. The second-order valence-corrected chi connectivity index (χ2v) is 19.2. The monoisotopic (exact) mass is 1240 g/mol. The zero-order valence-electron chi connectivity index (χ0n) is 52.6. The standard InChI is InChI=1S/C63H104O24/c1-55(2)61(64)86-53-49-82-45-41-78-37-33-74-29-25-70-21-17-66-15-19-68-23-27-72-31-35-76-39-43-80-47-51-84-59-11-7-57(8-12-59)63(5,6)58-9-13-60(14-10-58)85-52-48-81-44-40-77-36-32-73-28-24-69-20-16-67-18-22-71-26-30-75-34-38-79-42-46-83-50-54-87-62(65)56(3)4/h7-14H,1,3,15-54H2,2,4-6H3. The van der Waals surface area contributed by atoms with Crippen molar-refractivity contribution in [3.8, 4) is 11.5 Å². The first-order valence-corrected chi connectivity index (χ1v) is 30.1. The van der Waals surface area contributed by atoms with Gasteiger partial charge in [0.1, 0.15) is 37.9 Å². The first-order chi connectivity index (χ1) is 42.6. The normalized spacial score (nSPS) is 11.5. The third kappa shape index (κ3) is 48.3. The molecule has 87 heavy (non-hydrogen) atoms. The van der Waals surface area contributed by atoms with E-state index in [-0.39, 0.29) is 18.6 Å². The van der Waals surface area contributed by atoms with Crippen molar-refractivity contribution in [3.63, 3.8) is 0 Å². The topological polar surface area (TPSA) is 237 Å². The molecular formula is C63H104O24. The molecule has 0 spiro atoms. The summed E-state index contributed by atoms with van der Waals surface area (Å²) in [6.45, 7) is 32.3. The number of benzene rings is 2. The number of hydrogen-bond donors (Lipinski definition) is 0. The Morgan fingerprint density at radius 3 is 0.575 bits per heavy atom. The van der Waals surface area contributed by atoms with Gasteiger partial charge in [-0.2, -0.15) is 0 Å². The highest BCUT2D eigenvalue weighted by Crippen LogP contribution is 2.33. The minimum absolute atomic E-state index is 0.189. The minimum Gasteiger partial charge on any atom is -0.491 e. The average Bonchev–Trinajstić information content (AvgIpc) is 1.46. The van der Waals surface area contributed by atoms with E-state index in [1.807, 2.05) is 24.3 Å². The molecule has 0 aliphatic carbocycles. The first kappa shape index (κ1) is 78.8. The van der Waals surface area contributed by atoms with Crippen LogP contribution in [0.1, 0.15) is 38.8 Å². The summed E-state index contributed by atoms with van der Waals surface area (Å²) >= 11 is 0. The highest BCUT2D eigenvalue weighted by Gasteiger charge is 2.23. The summed E-state index contributed by atoms with van der Waals surface area (Å²) in [7, 11) is 0. The molecule has 2 aromatic rings. The van der Waals surface area contributed by atoms with Crippen LogP contribution in [0.4, 0.5) is 0 Å². The molecule has 2 rings (SSSR count). The summed E-state index contributed by atoms with van der Waals surface area (Å²) in [4.78, 5) is 22.5. The molecule has 0 unspecified atom stereocenters. The van der Waals surface area contributed by atoms with Crippen LogP contribution in [0, 0.1) is 0 Å². The largest absolute Gasteiger partial charge is 0.491 e. The zero-order chi connectivity index (χ0) is 62.6. The van der Waals surface area contributed by atoms with E-state index in [0.29, 0.717) is 262 Å². The predicted molar refractivity (Wildman–Crippen MR) is 322 cm³/mol. The van der Waals surface area contributed by atoms with Crippen LogP contribution < -0.4 is 9.47 Å². The third-order valence-electron chi connectivity index (χ3n) is 11.7. The number of ether oxygens (including phenoxy) is 22. The van der Waals surface area contributed by atoms with Crippen LogP contribution >= 0.6 is 0 Å². The van der Waals surface area contributed by atoms with Crippen LogP contribution in [0.25, 0.3) is 0 Å². The molecule has 0 aliphatic heterocycles. The van der Waals surface area contributed by atoms with Gasteiger partial charge in [-0.15, -0.1) is 0 Å². The minimum atomic E-state index is -0.420. The fraction of sp³-hybridized carbons (Fsp3) is 0.714. The molecule has 0 aromatic heterocycles. The number of esters is 2. The maximum absolute atomic E-state index is 11.3. The van der Waals surface area contributed by atoms with Crippen molar-refractivity contribution >= 4 is 11.9 Å². The van der Waals surface area contributed by atoms with Crippen LogP contribution in [0.5, 0.6) is 11.5 Å². The quantitative estimate of drug-likeness (QED) is 0.0463. The molecular weight excluding hydrogens is 1140 g/mol. The Kier molecular flexibility index (Phi) is 52.7. The van der Waals surface area contributed by atoms with E-state index < -0.39 is 11.9 Å². The SMILES string of the molecule is C=C(C)C(=O)OCCOCCOCCOCCOCCOCCOCCOCCOCCOCCOc1ccc(C(C)(C)c2ccc(OCCOCCOCCOCCOCCOCCOCCOCCOCCOCCOC(=O)C(=C)C)cc2)cc1. The Morgan fingerprint density at radius 1 is 0.264 bits per heavy atom. The van der Waals surface area contributed by atoms with Crippen molar-refractivity contribution in [2.24, 2.45) is 0 Å². The molecule has 0 aliphatic rings. The van der Waals surface area contributed by atoms with Crippen molar-refractivity contribution < 1.29 is 114 Å². The smallest absolute Gasteiger partial charge is 0.333 e. The van der Waals surface area contributed by atoms with E-state index in [0.717, 1.165) is 11.5 Å². The molecule has 0 bridgehead atoms.